The number of rotatable bonds is 5. The van der Waals surface area contributed by atoms with Gasteiger partial charge in [-0.2, -0.15) is 0 Å². The van der Waals surface area contributed by atoms with Gasteiger partial charge in [0.2, 0.25) is 0 Å². The summed E-state index contributed by atoms with van der Waals surface area (Å²) in [5.74, 6) is 1.36. The van der Waals surface area contributed by atoms with E-state index in [0.29, 0.717) is 0 Å². The second kappa shape index (κ2) is 8.03. The Morgan fingerprint density at radius 2 is 1.74 bits per heavy atom. The van der Waals surface area contributed by atoms with Crippen molar-refractivity contribution in [2.45, 2.75) is 95.3 Å². The first-order chi connectivity index (χ1) is 12.2. The molecule has 2 N–H and O–H groups in total. The van der Waals surface area contributed by atoms with Crippen LogP contribution < -0.4 is 0 Å². The number of aliphatic hydroxyl groups excluding tert-OH is 2. The van der Waals surface area contributed by atoms with E-state index in [4.69, 9.17) is 18.9 Å². The average molecular weight is 465 g/mol. The molecule has 0 spiro atoms. The summed E-state index contributed by atoms with van der Waals surface area (Å²) in [4.78, 5) is 0. The van der Waals surface area contributed by atoms with Crippen LogP contribution in [0.5, 0.6) is 0 Å². The number of hydrogen-bond donors (Lipinski definition) is 2. The fraction of sp³-hybridized carbons (Fsp3) is 0.895. The normalized spacial score (nSPS) is 34.7. The van der Waals surface area contributed by atoms with E-state index in [0.717, 1.165) is 0 Å². The molecule has 0 aromatic rings. The Balaban J connectivity index is 2.26. The lowest BCUT2D eigenvalue weighted by Gasteiger charge is -2.39. The van der Waals surface area contributed by atoms with E-state index in [9.17, 15) is 10.2 Å². The van der Waals surface area contributed by atoms with Crippen molar-refractivity contribution in [3.8, 4) is 11.5 Å². The van der Waals surface area contributed by atoms with Crippen molar-refractivity contribution >= 4 is 24.0 Å². The Morgan fingerprint density at radius 1 is 1.11 bits per heavy atom. The molecule has 2 rings (SSSR count). The van der Waals surface area contributed by atoms with Crippen molar-refractivity contribution in [1.29, 1.82) is 0 Å². The molecule has 2 fully saturated rings. The van der Waals surface area contributed by atoms with E-state index in [-0.39, 0.29) is 18.4 Å². The van der Waals surface area contributed by atoms with Crippen molar-refractivity contribution < 1.29 is 29.2 Å². The maximum absolute atomic E-state index is 11.2. The van der Waals surface area contributed by atoms with Crippen LogP contribution in [0.15, 0.2) is 0 Å². The van der Waals surface area contributed by atoms with E-state index in [2.05, 4.69) is 47.0 Å². The molecule has 0 unspecified atom stereocenters. The number of alkyl halides is 1. The topological polar surface area (TPSA) is 77.4 Å². The summed E-state index contributed by atoms with van der Waals surface area (Å²) in [6.45, 7) is 13.8. The predicted octanol–water partition coefficient (Wildman–Crippen LogP) is 2.42. The van der Waals surface area contributed by atoms with Crippen LogP contribution in [-0.2, 0) is 18.9 Å². The Bertz CT molecular complexity index is 593. The van der Waals surface area contributed by atoms with Gasteiger partial charge in [0.1, 0.15) is 32.0 Å². The van der Waals surface area contributed by atoms with Gasteiger partial charge in [0.25, 0.3) is 0 Å². The largest absolute Gasteiger partial charge is 0.389 e. The molecule has 156 valence electrons. The van der Waals surface area contributed by atoms with Gasteiger partial charge in [0.15, 0.2) is 11.6 Å². The number of hydrogen-bond acceptors (Lipinski definition) is 6. The van der Waals surface area contributed by atoms with Crippen molar-refractivity contribution in [3.05, 3.63) is 0 Å². The molecule has 2 saturated heterocycles. The minimum atomic E-state index is -1.53. The molecule has 0 radical (unpaired) electrons. The van der Waals surface area contributed by atoms with Crippen molar-refractivity contribution in [3.63, 3.8) is 0 Å². The lowest BCUT2D eigenvalue weighted by Crippen LogP contribution is -2.60. The summed E-state index contributed by atoms with van der Waals surface area (Å²) in [5.41, 5.74) is 2.07. The summed E-state index contributed by atoms with van der Waals surface area (Å²) in [6.07, 6.45) is -3.05. The van der Waals surface area contributed by atoms with Crippen molar-refractivity contribution in [2.75, 3.05) is 11.9 Å². The number of ether oxygens (including phenoxy) is 4. The first-order valence-electron chi connectivity index (χ1n) is 9.33. The zero-order valence-corrected chi connectivity index (χ0v) is 19.9. The van der Waals surface area contributed by atoms with Gasteiger partial charge in [0, 0.05) is 11.8 Å². The van der Waals surface area contributed by atoms with Gasteiger partial charge in [-0.05, 0) is 27.7 Å². The van der Waals surface area contributed by atoms with Crippen LogP contribution >= 0.6 is 15.9 Å². The van der Waals surface area contributed by atoms with E-state index in [1.54, 1.807) is 27.7 Å². The van der Waals surface area contributed by atoms with Gasteiger partial charge < -0.3 is 29.2 Å². The van der Waals surface area contributed by atoms with Crippen LogP contribution in [0.3, 0.4) is 0 Å². The summed E-state index contributed by atoms with van der Waals surface area (Å²) in [7, 11) is -1.53. The zero-order valence-electron chi connectivity index (χ0n) is 17.3. The third-order valence-electron chi connectivity index (χ3n) is 4.54. The van der Waals surface area contributed by atoms with E-state index in [1.807, 2.05) is 0 Å². The van der Waals surface area contributed by atoms with Gasteiger partial charge in [-0.1, -0.05) is 35.6 Å². The first-order valence-corrected chi connectivity index (χ1v) is 14.0. The lowest BCUT2D eigenvalue weighted by atomic mass is 9.85. The monoisotopic (exact) mass is 464 g/mol. The highest BCUT2D eigenvalue weighted by atomic mass is 79.9. The molecule has 0 bridgehead atoms. The minimum Gasteiger partial charge on any atom is -0.389 e. The predicted molar refractivity (Wildman–Crippen MR) is 109 cm³/mol. The number of halogens is 1. The maximum atomic E-state index is 11.2. The third kappa shape index (κ3) is 5.55. The highest BCUT2D eigenvalue weighted by molar-refractivity contribution is 9.09. The van der Waals surface area contributed by atoms with Gasteiger partial charge >= 0.3 is 0 Å². The second-order valence-electron chi connectivity index (χ2n) is 9.26. The molecule has 0 aromatic heterocycles. The first kappa shape index (κ1) is 23.3. The molecule has 0 aliphatic carbocycles. The average Bonchev–Trinajstić information content (AvgIpc) is 3.02. The van der Waals surface area contributed by atoms with Gasteiger partial charge in [0.05, 0.1) is 12.7 Å². The van der Waals surface area contributed by atoms with Crippen LogP contribution in [-0.4, -0.2) is 71.8 Å². The molecule has 2 heterocycles. The SMILES string of the molecule is CC1(C)OC[C@H]([C@@H](O)[C@@]2(CBr)OC(C)(C)O[C@H]2[C@@H](O)CC#C[Si](C)(C)C)O1. The van der Waals surface area contributed by atoms with Crippen LogP contribution in [0, 0.1) is 11.5 Å². The van der Waals surface area contributed by atoms with Crippen LogP contribution in [0.4, 0.5) is 0 Å². The summed E-state index contributed by atoms with van der Waals surface area (Å²) >= 11 is 3.47. The Hall–Kier alpha value is 0.0169. The molecule has 5 atom stereocenters. The van der Waals surface area contributed by atoms with E-state index >= 15 is 0 Å². The highest BCUT2D eigenvalue weighted by Gasteiger charge is 2.61. The molecule has 27 heavy (non-hydrogen) atoms. The Morgan fingerprint density at radius 3 is 2.22 bits per heavy atom. The van der Waals surface area contributed by atoms with Crippen LogP contribution in [0.1, 0.15) is 34.1 Å². The van der Waals surface area contributed by atoms with Gasteiger partial charge in [-0.15, -0.1) is 11.5 Å². The van der Waals surface area contributed by atoms with Crippen LogP contribution in [0.2, 0.25) is 19.6 Å². The third-order valence-corrected chi connectivity index (χ3v) is 6.35. The zero-order chi connectivity index (χ0) is 20.7. The smallest absolute Gasteiger partial charge is 0.164 e. The molecule has 0 saturated carbocycles. The molecular formula is C19H33BrO6Si. The molecule has 8 heteroatoms. The van der Waals surface area contributed by atoms with E-state index in [1.165, 1.54) is 0 Å². The van der Waals surface area contributed by atoms with Crippen molar-refractivity contribution in [1.82, 2.24) is 0 Å². The van der Waals surface area contributed by atoms with Crippen LogP contribution in [0.25, 0.3) is 0 Å². The fourth-order valence-corrected chi connectivity index (χ4v) is 4.87. The molecule has 0 amide bonds. The lowest BCUT2D eigenvalue weighted by molar-refractivity contribution is -0.203. The summed E-state index contributed by atoms with van der Waals surface area (Å²) in [6, 6.07) is 0. The van der Waals surface area contributed by atoms with Gasteiger partial charge in [-0.25, -0.2) is 0 Å². The Labute approximate surface area is 172 Å². The molecule has 2 aliphatic rings. The maximum Gasteiger partial charge on any atom is 0.164 e. The standard InChI is InChI=1S/C19H33BrO6Si/c1-17(2)23-11-14(24-17)15(22)19(12-20)16(25-18(3,4)26-19)13(21)9-8-10-27(5,6)7/h13-16,21-22H,9,11-12H2,1-7H3/t13-,14+,15+,16-,19+/m0/s1. The quantitative estimate of drug-likeness (QED) is 0.369. The highest BCUT2D eigenvalue weighted by Crippen LogP contribution is 2.44. The Kier molecular flexibility index (Phi) is 6.93. The minimum absolute atomic E-state index is 0.241. The van der Waals surface area contributed by atoms with E-state index < -0.39 is 49.7 Å². The molecule has 0 aromatic carbocycles. The fourth-order valence-electron chi connectivity index (χ4n) is 3.47. The molecular weight excluding hydrogens is 432 g/mol. The molecule has 6 nitrogen and oxygen atoms in total. The molecule has 2 aliphatic heterocycles. The number of aliphatic hydroxyl groups is 2. The van der Waals surface area contributed by atoms with Crippen molar-refractivity contribution in [2.24, 2.45) is 0 Å². The summed E-state index contributed by atoms with van der Waals surface area (Å²) < 4.78 is 23.6. The summed E-state index contributed by atoms with van der Waals surface area (Å²) in [5, 5.41) is 22.3. The second-order valence-corrected chi connectivity index (χ2v) is 14.6. The van der Waals surface area contributed by atoms with Gasteiger partial charge in [-0.3, -0.25) is 0 Å².